The second-order valence-electron chi connectivity index (χ2n) is 5.44. The Labute approximate surface area is 100 Å². The van der Waals surface area contributed by atoms with Crippen molar-refractivity contribution in [2.45, 2.75) is 36.9 Å². The van der Waals surface area contributed by atoms with Crippen molar-refractivity contribution < 1.29 is 9.47 Å². The maximum Gasteiger partial charge on any atom is 0.168 e. The zero-order valence-corrected chi connectivity index (χ0v) is 9.76. The van der Waals surface area contributed by atoms with Crippen LogP contribution in [0.3, 0.4) is 0 Å². The van der Waals surface area contributed by atoms with Crippen molar-refractivity contribution in [3.05, 3.63) is 24.3 Å². The molecule has 2 atom stereocenters. The van der Waals surface area contributed by atoms with E-state index in [9.17, 15) is 0 Å². The minimum Gasteiger partial charge on any atom is -0.348 e. The largest absolute Gasteiger partial charge is 0.348 e. The van der Waals surface area contributed by atoms with Gasteiger partial charge < -0.3 is 9.47 Å². The van der Waals surface area contributed by atoms with Gasteiger partial charge in [-0.25, -0.2) is 9.97 Å². The van der Waals surface area contributed by atoms with Gasteiger partial charge in [-0.05, 0) is 24.8 Å². The van der Waals surface area contributed by atoms with Gasteiger partial charge in [0, 0.05) is 30.7 Å². The van der Waals surface area contributed by atoms with Crippen LogP contribution in [0.1, 0.15) is 31.5 Å². The lowest BCUT2D eigenvalue weighted by atomic mass is 9.84. The van der Waals surface area contributed by atoms with E-state index in [1.54, 1.807) is 0 Å². The number of hydrogen-bond donors (Lipinski definition) is 0. The predicted molar refractivity (Wildman–Crippen MR) is 60.3 cm³/mol. The molecule has 4 nitrogen and oxygen atoms in total. The van der Waals surface area contributed by atoms with Crippen LogP contribution in [0.2, 0.25) is 0 Å². The molecule has 4 rings (SSSR count). The number of ether oxygens (including phenoxy) is 2. The summed E-state index contributed by atoms with van der Waals surface area (Å²) in [4.78, 5) is 8.88. The highest BCUT2D eigenvalue weighted by Gasteiger charge is 2.64. The van der Waals surface area contributed by atoms with Gasteiger partial charge in [0.25, 0.3) is 0 Å². The average Bonchev–Trinajstić information content (AvgIpc) is 2.94. The van der Waals surface area contributed by atoms with Gasteiger partial charge in [0.15, 0.2) is 5.79 Å². The molecule has 0 aromatic carbocycles. The molecule has 0 amide bonds. The summed E-state index contributed by atoms with van der Waals surface area (Å²) in [6.07, 6.45) is 8.00. The monoisotopic (exact) mass is 232 g/mol. The second kappa shape index (κ2) is 3.27. The molecule has 1 aromatic rings. The van der Waals surface area contributed by atoms with Crippen LogP contribution in [0.4, 0.5) is 0 Å². The normalized spacial score (nSPS) is 38.0. The summed E-state index contributed by atoms with van der Waals surface area (Å²) in [6.45, 7) is 1.50. The molecule has 1 aliphatic heterocycles. The molecule has 1 spiro atoms. The lowest BCUT2D eigenvalue weighted by Gasteiger charge is -2.34. The third-order valence-corrected chi connectivity index (χ3v) is 4.57. The van der Waals surface area contributed by atoms with E-state index in [2.05, 4.69) is 9.97 Å². The molecule has 3 aliphatic rings. The Hall–Kier alpha value is -1.00. The van der Waals surface area contributed by atoms with Gasteiger partial charge in [0.2, 0.25) is 0 Å². The molecular formula is C13H16N2O2. The van der Waals surface area contributed by atoms with Crippen molar-refractivity contribution in [1.82, 2.24) is 9.97 Å². The number of aromatic nitrogens is 2. The van der Waals surface area contributed by atoms with Crippen molar-refractivity contribution in [3.8, 4) is 0 Å². The first-order valence-corrected chi connectivity index (χ1v) is 6.39. The van der Waals surface area contributed by atoms with Gasteiger partial charge in [-0.3, -0.25) is 0 Å². The topological polar surface area (TPSA) is 44.2 Å². The van der Waals surface area contributed by atoms with E-state index in [1.165, 1.54) is 6.42 Å². The Kier molecular flexibility index (Phi) is 1.92. The van der Waals surface area contributed by atoms with Gasteiger partial charge >= 0.3 is 0 Å². The third kappa shape index (κ3) is 1.37. The van der Waals surface area contributed by atoms with Crippen molar-refractivity contribution in [2.75, 3.05) is 13.2 Å². The van der Waals surface area contributed by atoms with Crippen molar-refractivity contribution >= 4 is 0 Å². The van der Waals surface area contributed by atoms with Crippen LogP contribution in [-0.2, 0) is 14.9 Å². The van der Waals surface area contributed by atoms with E-state index in [-0.39, 0.29) is 11.2 Å². The summed E-state index contributed by atoms with van der Waals surface area (Å²) in [6, 6.07) is 1.88. The lowest BCUT2D eigenvalue weighted by Crippen LogP contribution is -2.37. The van der Waals surface area contributed by atoms with Crippen molar-refractivity contribution in [2.24, 2.45) is 5.92 Å². The van der Waals surface area contributed by atoms with Crippen LogP contribution in [0.15, 0.2) is 18.5 Å². The van der Waals surface area contributed by atoms with Crippen LogP contribution in [-0.4, -0.2) is 29.0 Å². The Morgan fingerprint density at radius 2 is 1.82 bits per heavy atom. The highest BCUT2D eigenvalue weighted by atomic mass is 16.7. The van der Waals surface area contributed by atoms with Gasteiger partial charge in [-0.1, -0.05) is 0 Å². The minimum atomic E-state index is -0.264. The first-order chi connectivity index (χ1) is 8.33. The Balaban J connectivity index is 1.58. The Morgan fingerprint density at radius 1 is 1.06 bits per heavy atom. The third-order valence-electron chi connectivity index (χ3n) is 4.57. The first kappa shape index (κ1) is 9.97. The molecule has 4 heteroatoms. The summed E-state index contributed by atoms with van der Waals surface area (Å²) < 4.78 is 11.6. The molecule has 0 bridgehead atoms. The van der Waals surface area contributed by atoms with E-state index in [0.29, 0.717) is 5.92 Å². The maximum atomic E-state index is 5.80. The fraction of sp³-hybridized carbons (Fsp3) is 0.692. The van der Waals surface area contributed by atoms with Crippen molar-refractivity contribution in [3.63, 3.8) is 0 Å². The Bertz CT molecular complexity index is 430. The number of nitrogens with zero attached hydrogens (tertiary/aromatic N) is 2. The summed E-state index contributed by atoms with van der Waals surface area (Å²) in [5.74, 6) is 1.41. The number of fused-ring (bicyclic) bond motifs is 1. The molecule has 17 heavy (non-hydrogen) atoms. The molecule has 0 radical (unpaired) electrons. The first-order valence-electron chi connectivity index (χ1n) is 6.39. The average molecular weight is 232 g/mol. The van der Waals surface area contributed by atoms with Crippen LogP contribution in [0, 0.1) is 5.92 Å². The van der Waals surface area contributed by atoms with Gasteiger partial charge in [0.05, 0.1) is 13.2 Å². The predicted octanol–water partition coefficient (Wildman–Crippen LogP) is 1.66. The van der Waals surface area contributed by atoms with Crippen molar-refractivity contribution in [1.29, 1.82) is 0 Å². The van der Waals surface area contributed by atoms with Crippen LogP contribution < -0.4 is 0 Å². The molecule has 2 unspecified atom stereocenters. The van der Waals surface area contributed by atoms with E-state index in [4.69, 9.17) is 9.47 Å². The zero-order valence-electron chi connectivity index (χ0n) is 9.76. The Morgan fingerprint density at radius 3 is 2.53 bits per heavy atom. The van der Waals surface area contributed by atoms with Gasteiger partial charge in [-0.2, -0.15) is 0 Å². The lowest BCUT2D eigenvalue weighted by molar-refractivity contribution is -0.180. The second-order valence-corrected chi connectivity index (χ2v) is 5.44. The van der Waals surface area contributed by atoms with Gasteiger partial charge in [-0.15, -0.1) is 0 Å². The molecule has 1 saturated heterocycles. The highest BCUT2D eigenvalue weighted by Crippen LogP contribution is 2.64. The molecule has 3 fully saturated rings. The number of rotatable bonds is 1. The SMILES string of the molecule is c1cnc(C23CCC4(CC2C3)OCCO4)nc1. The standard InChI is InChI=1S/C13H16N2O2/c1-4-14-11(15-5-1)12-2-3-13(9-10(12)8-12)16-6-7-17-13/h1,4-5,10H,2-3,6-9H2. The highest BCUT2D eigenvalue weighted by molar-refractivity contribution is 5.25. The molecule has 0 N–H and O–H groups in total. The van der Waals surface area contributed by atoms with E-state index < -0.39 is 0 Å². The molecule has 2 aliphatic carbocycles. The summed E-state index contributed by atoms with van der Waals surface area (Å²) in [7, 11) is 0. The zero-order chi connectivity index (χ0) is 11.3. The van der Waals surface area contributed by atoms with Crippen LogP contribution in [0.5, 0.6) is 0 Å². The fourth-order valence-electron chi connectivity index (χ4n) is 3.55. The quantitative estimate of drug-likeness (QED) is 0.738. The molecule has 1 aromatic heterocycles. The molecule has 90 valence electrons. The van der Waals surface area contributed by atoms with E-state index in [1.807, 2.05) is 18.5 Å². The fourth-order valence-corrected chi connectivity index (χ4v) is 3.55. The van der Waals surface area contributed by atoms with Crippen LogP contribution >= 0.6 is 0 Å². The number of hydrogen-bond acceptors (Lipinski definition) is 4. The smallest absolute Gasteiger partial charge is 0.168 e. The van der Waals surface area contributed by atoms with E-state index in [0.717, 1.165) is 38.3 Å². The van der Waals surface area contributed by atoms with Gasteiger partial charge in [0.1, 0.15) is 5.82 Å². The minimum absolute atomic E-state index is 0.238. The molecule has 2 heterocycles. The summed E-state index contributed by atoms with van der Waals surface area (Å²) in [5, 5.41) is 0. The van der Waals surface area contributed by atoms with Crippen LogP contribution in [0.25, 0.3) is 0 Å². The van der Waals surface area contributed by atoms with E-state index >= 15 is 0 Å². The molecular weight excluding hydrogens is 216 g/mol. The summed E-state index contributed by atoms with van der Waals surface area (Å²) in [5.41, 5.74) is 0.238. The molecule has 2 saturated carbocycles. The maximum absolute atomic E-state index is 5.80. The summed E-state index contributed by atoms with van der Waals surface area (Å²) >= 11 is 0.